The van der Waals surface area contributed by atoms with Crippen LogP contribution in [0.15, 0.2) is 24.3 Å². The normalized spacial score (nSPS) is 11.9. The molecule has 15 heavy (non-hydrogen) atoms. The number of nitrogens with one attached hydrogen (secondary N) is 1. The van der Waals surface area contributed by atoms with Gasteiger partial charge in [-0.15, -0.1) is 11.6 Å². The zero-order valence-corrected chi connectivity index (χ0v) is 8.69. The number of nitrogens with zero attached hydrogens (tertiary/aromatic N) is 1. The Labute approximate surface area is 91.2 Å². The van der Waals surface area contributed by atoms with Crippen molar-refractivity contribution in [1.29, 1.82) is 0 Å². The Morgan fingerprint density at radius 3 is 2.67 bits per heavy atom. The van der Waals surface area contributed by atoms with Crippen LogP contribution in [0.4, 0.5) is 11.4 Å². The van der Waals surface area contributed by atoms with Crippen molar-refractivity contribution < 1.29 is 9.72 Å². The molecule has 1 amide bonds. The van der Waals surface area contributed by atoms with Gasteiger partial charge in [-0.05, 0) is 13.0 Å². The molecule has 0 heterocycles. The Kier molecular flexibility index (Phi) is 3.62. The van der Waals surface area contributed by atoms with Gasteiger partial charge in [-0.1, -0.05) is 12.1 Å². The van der Waals surface area contributed by atoms with Crippen molar-refractivity contribution in [2.45, 2.75) is 12.3 Å². The Hall–Kier alpha value is -1.62. The maximum absolute atomic E-state index is 11.2. The molecule has 0 aliphatic rings. The van der Waals surface area contributed by atoms with E-state index < -0.39 is 16.2 Å². The van der Waals surface area contributed by atoms with E-state index in [1.54, 1.807) is 6.07 Å². The molecule has 1 rings (SSSR count). The molecule has 5 nitrogen and oxygen atoms in total. The average molecular weight is 229 g/mol. The molecule has 1 atom stereocenters. The second kappa shape index (κ2) is 4.75. The van der Waals surface area contributed by atoms with Gasteiger partial charge in [0.15, 0.2) is 0 Å². The second-order valence-corrected chi connectivity index (χ2v) is 3.53. The number of carbonyl (C=O) groups is 1. The highest BCUT2D eigenvalue weighted by atomic mass is 35.5. The van der Waals surface area contributed by atoms with E-state index in [1.807, 2.05) is 0 Å². The molecule has 0 saturated carbocycles. The molecular formula is C9H9ClN2O3. The minimum Gasteiger partial charge on any atom is -0.319 e. The summed E-state index contributed by atoms with van der Waals surface area (Å²) < 4.78 is 0. The summed E-state index contributed by atoms with van der Waals surface area (Å²) in [7, 11) is 0. The standard InChI is InChI=1S/C9H9ClN2O3/c1-6(10)9(13)11-7-4-2-3-5-8(7)12(14)15/h2-6H,1H3,(H,11,13)/t6-/m1/s1. The molecule has 0 bridgehead atoms. The number of nitro benzene ring substituents is 1. The number of anilines is 1. The van der Waals surface area contributed by atoms with Crippen LogP contribution in [-0.4, -0.2) is 16.2 Å². The lowest BCUT2D eigenvalue weighted by Crippen LogP contribution is -2.20. The first-order valence-electron chi connectivity index (χ1n) is 4.20. The van der Waals surface area contributed by atoms with Crippen molar-refractivity contribution in [2.24, 2.45) is 0 Å². The fourth-order valence-electron chi connectivity index (χ4n) is 0.971. The Morgan fingerprint density at radius 1 is 1.53 bits per heavy atom. The number of alkyl halides is 1. The molecule has 1 N–H and O–H groups in total. The first-order valence-corrected chi connectivity index (χ1v) is 4.64. The molecule has 0 radical (unpaired) electrons. The zero-order valence-electron chi connectivity index (χ0n) is 7.94. The molecule has 0 aliphatic heterocycles. The minimum atomic E-state index is -0.732. The van der Waals surface area contributed by atoms with Crippen molar-refractivity contribution in [1.82, 2.24) is 0 Å². The van der Waals surface area contributed by atoms with Gasteiger partial charge in [0.2, 0.25) is 5.91 Å². The molecule has 0 unspecified atom stereocenters. The fourth-order valence-corrected chi connectivity index (χ4v) is 1.03. The topological polar surface area (TPSA) is 72.2 Å². The highest BCUT2D eigenvalue weighted by molar-refractivity contribution is 6.32. The van der Waals surface area contributed by atoms with Gasteiger partial charge >= 0.3 is 0 Å². The average Bonchev–Trinajstić information content (AvgIpc) is 2.18. The molecule has 0 saturated heterocycles. The third kappa shape index (κ3) is 2.92. The van der Waals surface area contributed by atoms with E-state index in [9.17, 15) is 14.9 Å². The number of hydrogen-bond donors (Lipinski definition) is 1. The first-order chi connectivity index (χ1) is 7.02. The van der Waals surface area contributed by atoms with Crippen LogP contribution in [0, 0.1) is 10.1 Å². The van der Waals surface area contributed by atoms with E-state index in [4.69, 9.17) is 11.6 Å². The van der Waals surface area contributed by atoms with Crippen LogP contribution < -0.4 is 5.32 Å². The maximum Gasteiger partial charge on any atom is 0.292 e. The number of carbonyl (C=O) groups excluding carboxylic acids is 1. The SMILES string of the molecule is C[C@@H](Cl)C(=O)Nc1ccccc1[N+](=O)[O-]. The van der Waals surface area contributed by atoms with Gasteiger partial charge in [0.05, 0.1) is 4.92 Å². The molecule has 0 aromatic heterocycles. The molecule has 0 fully saturated rings. The third-order valence-corrected chi connectivity index (χ3v) is 1.92. The van der Waals surface area contributed by atoms with Crippen molar-refractivity contribution in [3.05, 3.63) is 34.4 Å². The van der Waals surface area contributed by atoms with Crippen LogP contribution in [0.25, 0.3) is 0 Å². The lowest BCUT2D eigenvalue weighted by molar-refractivity contribution is -0.383. The fraction of sp³-hybridized carbons (Fsp3) is 0.222. The van der Waals surface area contributed by atoms with Crippen molar-refractivity contribution in [3.63, 3.8) is 0 Å². The summed E-state index contributed by atoms with van der Waals surface area (Å²) in [5.41, 5.74) is 0.00293. The van der Waals surface area contributed by atoms with Crippen molar-refractivity contribution in [2.75, 3.05) is 5.32 Å². The Balaban J connectivity index is 2.94. The Morgan fingerprint density at radius 2 is 2.13 bits per heavy atom. The number of halogens is 1. The van der Waals surface area contributed by atoms with Gasteiger partial charge in [0, 0.05) is 6.07 Å². The number of benzene rings is 1. The van der Waals surface area contributed by atoms with Crippen LogP contribution in [-0.2, 0) is 4.79 Å². The highest BCUT2D eigenvalue weighted by Crippen LogP contribution is 2.23. The van der Waals surface area contributed by atoms with E-state index in [0.717, 1.165) is 0 Å². The highest BCUT2D eigenvalue weighted by Gasteiger charge is 2.16. The first kappa shape index (κ1) is 11.5. The summed E-state index contributed by atoms with van der Waals surface area (Å²) in [6, 6.07) is 5.89. The summed E-state index contributed by atoms with van der Waals surface area (Å²) in [5, 5.41) is 12.2. The summed E-state index contributed by atoms with van der Waals surface area (Å²) >= 11 is 5.53. The number of rotatable bonds is 3. The van der Waals surface area contributed by atoms with E-state index in [1.165, 1.54) is 25.1 Å². The molecule has 1 aromatic rings. The van der Waals surface area contributed by atoms with Gasteiger partial charge in [0.25, 0.3) is 5.69 Å². The van der Waals surface area contributed by atoms with Gasteiger partial charge in [-0.25, -0.2) is 0 Å². The predicted molar refractivity (Wildman–Crippen MR) is 57.0 cm³/mol. The van der Waals surface area contributed by atoms with Gasteiger partial charge < -0.3 is 5.32 Å². The molecule has 80 valence electrons. The smallest absolute Gasteiger partial charge is 0.292 e. The number of amides is 1. The molecule has 6 heteroatoms. The van der Waals surface area contributed by atoms with Crippen molar-refractivity contribution in [3.8, 4) is 0 Å². The van der Waals surface area contributed by atoms with E-state index in [-0.39, 0.29) is 11.4 Å². The number of nitro groups is 1. The van der Waals surface area contributed by atoms with Crippen LogP contribution in [0.1, 0.15) is 6.92 Å². The minimum absolute atomic E-state index is 0.150. The van der Waals surface area contributed by atoms with Crippen LogP contribution in [0.5, 0.6) is 0 Å². The number of hydrogen-bond acceptors (Lipinski definition) is 3. The van der Waals surface area contributed by atoms with E-state index in [0.29, 0.717) is 0 Å². The van der Waals surface area contributed by atoms with Crippen LogP contribution in [0.2, 0.25) is 0 Å². The summed E-state index contributed by atoms with van der Waals surface area (Å²) in [5.74, 6) is -0.467. The van der Waals surface area contributed by atoms with Gasteiger partial charge in [-0.2, -0.15) is 0 Å². The van der Waals surface area contributed by atoms with E-state index >= 15 is 0 Å². The van der Waals surface area contributed by atoms with Gasteiger partial charge in [0.1, 0.15) is 11.1 Å². The van der Waals surface area contributed by atoms with Crippen LogP contribution >= 0.6 is 11.6 Å². The van der Waals surface area contributed by atoms with E-state index in [2.05, 4.69) is 5.32 Å². The molecular weight excluding hydrogens is 220 g/mol. The molecule has 0 spiro atoms. The van der Waals surface area contributed by atoms with Crippen LogP contribution in [0.3, 0.4) is 0 Å². The maximum atomic E-state index is 11.2. The lowest BCUT2D eigenvalue weighted by Gasteiger charge is -2.06. The number of para-hydroxylation sites is 2. The largest absolute Gasteiger partial charge is 0.319 e. The predicted octanol–water partition coefficient (Wildman–Crippen LogP) is 2.16. The monoisotopic (exact) mass is 228 g/mol. The van der Waals surface area contributed by atoms with Crippen molar-refractivity contribution >= 4 is 28.9 Å². The zero-order chi connectivity index (χ0) is 11.4. The Bertz CT molecular complexity index is 393. The van der Waals surface area contributed by atoms with Gasteiger partial charge in [-0.3, -0.25) is 14.9 Å². The summed E-state index contributed by atoms with van der Waals surface area (Å²) in [4.78, 5) is 21.3. The molecule has 1 aromatic carbocycles. The quantitative estimate of drug-likeness (QED) is 0.490. The second-order valence-electron chi connectivity index (χ2n) is 2.88. The third-order valence-electron chi connectivity index (χ3n) is 1.72. The summed E-state index contributed by atoms with van der Waals surface area (Å²) in [6.45, 7) is 1.49. The summed E-state index contributed by atoms with van der Waals surface area (Å²) in [6.07, 6.45) is 0. The molecule has 0 aliphatic carbocycles. The lowest BCUT2D eigenvalue weighted by atomic mass is 10.2.